The highest BCUT2D eigenvalue weighted by atomic mass is 35.5. The first-order chi connectivity index (χ1) is 11.1. The van der Waals surface area contributed by atoms with Crippen LogP contribution in [0.3, 0.4) is 0 Å². The van der Waals surface area contributed by atoms with E-state index in [-0.39, 0.29) is 24.3 Å². The van der Waals surface area contributed by atoms with Crippen LogP contribution in [0.2, 0.25) is 0 Å². The summed E-state index contributed by atoms with van der Waals surface area (Å²) in [5.41, 5.74) is 7.50. The minimum absolute atomic E-state index is 0. The standard InChI is InChI=1S/C16H21FN4O2.ClH/c1-23-15-3-2-13-16(20-15)10(11(17)8-19-13)4-6-21-7-5-12(18)14(22)9-21;/h2-3,8,12,14,22H,4-7,9,18H2,1H3;1H/t12-,14-;/m0./s1. The summed E-state index contributed by atoms with van der Waals surface area (Å²) >= 11 is 0. The molecule has 0 bridgehead atoms. The van der Waals surface area contributed by atoms with Gasteiger partial charge in [0.2, 0.25) is 5.88 Å². The Hall–Kier alpha value is -1.54. The molecule has 1 aliphatic heterocycles. The molecular formula is C16H22ClFN4O2. The van der Waals surface area contributed by atoms with Gasteiger partial charge < -0.3 is 20.5 Å². The van der Waals surface area contributed by atoms with Crippen LogP contribution in [0.15, 0.2) is 18.3 Å². The molecule has 2 aromatic rings. The van der Waals surface area contributed by atoms with Crippen molar-refractivity contribution in [2.45, 2.75) is 25.0 Å². The number of pyridine rings is 2. The molecule has 0 amide bonds. The zero-order chi connectivity index (χ0) is 16.4. The molecule has 0 aromatic carbocycles. The molecule has 3 rings (SSSR count). The second kappa shape index (κ2) is 8.02. The van der Waals surface area contributed by atoms with Crippen molar-refractivity contribution in [2.24, 2.45) is 5.73 Å². The summed E-state index contributed by atoms with van der Waals surface area (Å²) < 4.78 is 19.3. The van der Waals surface area contributed by atoms with E-state index in [2.05, 4.69) is 14.9 Å². The molecule has 0 radical (unpaired) electrons. The van der Waals surface area contributed by atoms with Crippen molar-refractivity contribution in [1.82, 2.24) is 14.9 Å². The number of piperidine rings is 1. The first-order valence-corrected chi connectivity index (χ1v) is 7.72. The van der Waals surface area contributed by atoms with Crippen LogP contribution in [0.5, 0.6) is 5.88 Å². The Bertz CT molecular complexity index is 703. The maximum absolute atomic E-state index is 14.2. The van der Waals surface area contributed by atoms with Crippen molar-refractivity contribution in [3.05, 3.63) is 29.7 Å². The van der Waals surface area contributed by atoms with Gasteiger partial charge in [-0.25, -0.2) is 9.37 Å². The van der Waals surface area contributed by atoms with Crippen molar-refractivity contribution in [3.8, 4) is 5.88 Å². The summed E-state index contributed by atoms with van der Waals surface area (Å²) in [4.78, 5) is 10.5. The summed E-state index contributed by atoms with van der Waals surface area (Å²) in [6.07, 6.45) is 1.94. The number of ether oxygens (including phenoxy) is 1. The molecule has 8 heteroatoms. The lowest BCUT2D eigenvalue weighted by Crippen LogP contribution is -2.50. The van der Waals surface area contributed by atoms with E-state index in [0.717, 1.165) is 13.0 Å². The van der Waals surface area contributed by atoms with Gasteiger partial charge >= 0.3 is 0 Å². The Labute approximate surface area is 146 Å². The number of methoxy groups -OCH3 is 1. The first-order valence-electron chi connectivity index (χ1n) is 7.72. The van der Waals surface area contributed by atoms with Gasteiger partial charge in [-0.2, -0.15) is 0 Å². The molecule has 2 aromatic heterocycles. The predicted octanol–water partition coefficient (Wildman–Crippen LogP) is 1.14. The summed E-state index contributed by atoms with van der Waals surface area (Å²) in [7, 11) is 1.53. The monoisotopic (exact) mass is 356 g/mol. The van der Waals surface area contributed by atoms with Gasteiger partial charge in [0.25, 0.3) is 0 Å². The molecule has 1 aliphatic rings. The topological polar surface area (TPSA) is 84.5 Å². The van der Waals surface area contributed by atoms with E-state index in [1.54, 1.807) is 12.1 Å². The van der Waals surface area contributed by atoms with E-state index in [4.69, 9.17) is 10.5 Å². The smallest absolute Gasteiger partial charge is 0.213 e. The van der Waals surface area contributed by atoms with Gasteiger partial charge in [0, 0.05) is 30.8 Å². The summed E-state index contributed by atoms with van der Waals surface area (Å²) in [6.45, 7) is 1.96. The number of rotatable bonds is 4. The van der Waals surface area contributed by atoms with Gasteiger partial charge in [-0.15, -0.1) is 12.4 Å². The van der Waals surface area contributed by atoms with Crippen LogP contribution in [0.1, 0.15) is 12.0 Å². The Kier molecular flexibility index (Phi) is 6.28. The number of fused-ring (bicyclic) bond motifs is 1. The Morgan fingerprint density at radius 1 is 1.46 bits per heavy atom. The molecular weight excluding hydrogens is 335 g/mol. The van der Waals surface area contributed by atoms with E-state index in [9.17, 15) is 9.50 Å². The lowest BCUT2D eigenvalue weighted by molar-refractivity contribution is 0.0541. The number of likely N-dealkylation sites (tertiary alicyclic amines) is 1. The molecule has 24 heavy (non-hydrogen) atoms. The lowest BCUT2D eigenvalue weighted by atomic mass is 10.0. The Morgan fingerprint density at radius 2 is 2.25 bits per heavy atom. The third-order valence-corrected chi connectivity index (χ3v) is 4.34. The van der Waals surface area contributed by atoms with Crippen molar-refractivity contribution < 1.29 is 14.2 Å². The fourth-order valence-corrected chi connectivity index (χ4v) is 2.92. The fraction of sp³-hybridized carbons (Fsp3) is 0.500. The van der Waals surface area contributed by atoms with Crippen LogP contribution < -0.4 is 10.5 Å². The molecule has 132 valence electrons. The summed E-state index contributed by atoms with van der Waals surface area (Å²) in [5, 5.41) is 9.86. The maximum atomic E-state index is 14.2. The van der Waals surface area contributed by atoms with Gasteiger partial charge in [-0.3, -0.25) is 4.98 Å². The minimum Gasteiger partial charge on any atom is -0.481 e. The van der Waals surface area contributed by atoms with Crippen molar-refractivity contribution in [1.29, 1.82) is 0 Å². The third-order valence-electron chi connectivity index (χ3n) is 4.34. The molecule has 1 saturated heterocycles. The van der Waals surface area contributed by atoms with Crippen molar-refractivity contribution >= 4 is 23.4 Å². The SMILES string of the molecule is COc1ccc2ncc(F)c(CCN3CC[C@H](N)[C@@H](O)C3)c2n1.Cl. The number of halogens is 2. The van der Waals surface area contributed by atoms with Gasteiger partial charge in [0.1, 0.15) is 5.82 Å². The molecule has 2 atom stereocenters. The van der Waals surface area contributed by atoms with E-state index < -0.39 is 6.10 Å². The molecule has 6 nitrogen and oxygen atoms in total. The number of nitrogens with two attached hydrogens (primary N) is 1. The third kappa shape index (κ3) is 3.92. The zero-order valence-corrected chi connectivity index (χ0v) is 14.3. The van der Waals surface area contributed by atoms with Gasteiger partial charge in [-0.05, 0) is 25.5 Å². The van der Waals surface area contributed by atoms with Gasteiger partial charge in [-0.1, -0.05) is 0 Å². The molecule has 0 unspecified atom stereocenters. The summed E-state index contributed by atoms with van der Waals surface area (Å²) in [5.74, 6) is 0.0676. The van der Waals surface area contributed by atoms with Gasteiger partial charge in [0.05, 0.1) is 30.4 Å². The normalized spacial score (nSPS) is 21.5. The highest BCUT2D eigenvalue weighted by Gasteiger charge is 2.24. The van der Waals surface area contributed by atoms with E-state index >= 15 is 0 Å². The highest BCUT2D eigenvalue weighted by molar-refractivity contribution is 5.85. The van der Waals surface area contributed by atoms with Crippen molar-refractivity contribution in [3.63, 3.8) is 0 Å². The second-order valence-corrected chi connectivity index (χ2v) is 5.88. The molecule has 1 fully saturated rings. The fourth-order valence-electron chi connectivity index (χ4n) is 2.92. The van der Waals surface area contributed by atoms with Crippen LogP contribution in [-0.4, -0.2) is 58.9 Å². The van der Waals surface area contributed by atoms with Gasteiger partial charge in [0.15, 0.2) is 0 Å². The number of aliphatic hydroxyl groups is 1. The number of aromatic nitrogens is 2. The number of hydrogen-bond donors (Lipinski definition) is 2. The zero-order valence-electron chi connectivity index (χ0n) is 13.5. The molecule has 0 spiro atoms. The molecule has 0 saturated carbocycles. The van der Waals surface area contributed by atoms with Crippen LogP contribution in [0.4, 0.5) is 4.39 Å². The predicted molar refractivity (Wildman–Crippen MR) is 92.0 cm³/mol. The van der Waals surface area contributed by atoms with Crippen LogP contribution in [-0.2, 0) is 6.42 Å². The van der Waals surface area contributed by atoms with E-state index in [0.29, 0.717) is 42.0 Å². The number of aliphatic hydroxyl groups excluding tert-OH is 1. The van der Waals surface area contributed by atoms with E-state index in [1.165, 1.54) is 13.3 Å². The Morgan fingerprint density at radius 3 is 2.96 bits per heavy atom. The largest absolute Gasteiger partial charge is 0.481 e. The lowest BCUT2D eigenvalue weighted by Gasteiger charge is -2.34. The number of β-amino-alcohol motifs (C(OH)–C–C–N with tert-alkyl or cyclic N) is 1. The number of nitrogens with zero attached hydrogens (tertiary/aromatic N) is 3. The minimum atomic E-state index is -0.527. The highest BCUT2D eigenvalue weighted by Crippen LogP contribution is 2.22. The number of hydrogen-bond acceptors (Lipinski definition) is 6. The van der Waals surface area contributed by atoms with E-state index in [1.807, 2.05) is 0 Å². The summed E-state index contributed by atoms with van der Waals surface area (Å²) in [6, 6.07) is 3.31. The first kappa shape index (κ1) is 18.8. The molecule has 0 aliphatic carbocycles. The van der Waals surface area contributed by atoms with Crippen LogP contribution >= 0.6 is 12.4 Å². The van der Waals surface area contributed by atoms with Crippen LogP contribution in [0.25, 0.3) is 11.0 Å². The van der Waals surface area contributed by atoms with Crippen LogP contribution in [0, 0.1) is 5.82 Å². The maximum Gasteiger partial charge on any atom is 0.213 e. The molecule has 3 heterocycles. The average molecular weight is 357 g/mol. The average Bonchev–Trinajstić information content (AvgIpc) is 2.56. The molecule has 3 N–H and O–H groups in total. The second-order valence-electron chi connectivity index (χ2n) is 5.88. The van der Waals surface area contributed by atoms with Crippen molar-refractivity contribution in [2.75, 3.05) is 26.7 Å². The Balaban J connectivity index is 0.00000208. The quantitative estimate of drug-likeness (QED) is 0.854.